The van der Waals surface area contributed by atoms with Crippen LogP contribution in [0.2, 0.25) is 0 Å². The molecule has 0 saturated carbocycles. The summed E-state index contributed by atoms with van der Waals surface area (Å²) in [5.74, 6) is 1.59. The molecule has 0 saturated heterocycles. The van der Waals surface area contributed by atoms with Gasteiger partial charge in [-0.1, -0.05) is 57.2 Å². The summed E-state index contributed by atoms with van der Waals surface area (Å²) in [6, 6.07) is 13.7. The van der Waals surface area contributed by atoms with E-state index in [4.69, 9.17) is 14.2 Å². The Kier molecular flexibility index (Phi) is 6.74. The van der Waals surface area contributed by atoms with Gasteiger partial charge in [0.1, 0.15) is 5.75 Å². The maximum absolute atomic E-state index is 11.7. The van der Waals surface area contributed by atoms with Crippen molar-refractivity contribution in [3.8, 4) is 28.4 Å². The van der Waals surface area contributed by atoms with Crippen molar-refractivity contribution in [3.63, 3.8) is 0 Å². The van der Waals surface area contributed by atoms with Crippen molar-refractivity contribution >= 4 is 5.97 Å². The monoisotopic (exact) mass is 368 g/mol. The Labute approximate surface area is 161 Å². The molecule has 3 rings (SSSR count). The normalized spacial score (nSPS) is 15.6. The van der Waals surface area contributed by atoms with Crippen LogP contribution in [0.15, 0.2) is 42.5 Å². The van der Waals surface area contributed by atoms with Crippen molar-refractivity contribution in [2.45, 2.75) is 58.5 Å². The average molecular weight is 368 g/mol. The molecule has 0 bridgehead atoms. The molecule has 0 radical (unpaired) electrons. The molecular weight excluding hydrogens is 340 g/mol. The third-order valence-corrected chi connectivity index (χ3v) is 4.74. The lowest BCUT2D eigenvalue weighted by Gasteiger charge is -2.22. The van der Waals surface area contributed by atoms with Gasteiger partial charge in [0.05, 0.1) is 6.61 Å². The first kappa shape index (κ1) is 19.3. The summed E-state index contributed by atoms with van der Waals surface area (Å²) in [6.07, 6.45) is 6.99. The highest BCUT2D eigenvalue weighted by atomic mass is 16.6. The number of ether oxygens (including phenoxy) is 3. The molecule has 0 unspecified atom stereocenters. The van der Waals surface area contributed by atoms with E-state index in [0.717, 1.165) is 29.9 Å². The molecule has 4 nitrogen and oxygen atoms in total. The Morgan fingerprint density at radius 3 is 2.37 bits per heavy atom. The highest BCUT2D eigenvalue weighted by molar-refractivity contribution is 5.81. The molecule has 0 fully saturated rings. The van der Waals surface area contributed by atoms with Gasteiger partial charge >= 0.3 is 5.97 Å². The minimum Gasteiger partial charge on any atom is -0.494 e. The standard InChI is InChI=1S/C23H28O4/c1-3-4-5-6-7-8-15-25-20-12-9-18(10-13-20)19-11-14-21-22(16-19)27-23(24)17(2)26-21/h9-14,16-17H,3-8,15H2,1-2H3/t17-/m0/s1. The lowest BCUT2D eigenvalue weighted by Crippen LogP contribution is -2.32. The molecule has 0 N–H and O–H groups in total. The number of carbonyl (C=O) groups excluding carboxylic acids is 1. The van der Waals surface area contributed by atoms with Gasteiger partial charge in [-0.15, -0.1) is 0 Å². The van der Waals surface area contributed by atoms with Crippen LogP contribution in [0.5, 0.6) is 17.2 Å². The minimum absolute atomic E-state index is 0.363. The van der Waals surface area contributed by atoms with Crippen molar-refractivity contribution < 1.29 is 19.0 Å². The predicted octanol–water partition coefficient (Wildman–Crippen LogP) is 5.78. The molecule has 144 valence electrons. The van der Waals surface area contributed by atoms with Gasteiger partial charge in [-0.25, -0.2) is 4.79 Å². The zero-order chi connectivity index (χ0) is 19.1. The van der Waals surface area contributed by atoms with Crippen molar-refractivity contribution in [1.29, 1.82) is 0 Å². The molecule has 0 aromatic heterocycles. The van der Waals surface area contributed by atoms with E-state index in [1.54, 1.807) is 6.92 Å². The first-order chi connectivity index (χ1) is 13.2. The Bertz CT molecular complexity index is 751. The lowest BCUT2D eigenvalue weighted by molar-refractivity contribution is -0.144. The summed E-state index contributed by atoms with van der Waals surface area (Å²) in [5, 5.41) is 0. The van der Waals surface area contributed by atoms with Crippen LogP contribution in [0.3, 0.4) is 0 Å². The van der Waals surface area contributed by atoms with Gasteiger partial charge in [-0.05, 0) is 48.7 Å². The quantitative estimate of drug-likeness (QED) is 0.320. The highest BCUT2D eigenvalue weighted by Gasteiger charge is 2.26. The third kappa shape index (κ3) is 5.25. The van der Waals surface area contributed by atoms with E-state index >= 15 is 0 Å². The van der Waals surface area contributed by atoms with Crippen LogP contribution in [0.25, 0.3) is 11.1 Å². The smallest absolute Gasteiger partial charge is 0.352 e. The molecule has 1 aliphatic rings. The molecule has 2 aromatic carbocycles. The second kappa shape index (κ2) is 9.45. The Morgan fingerprint density at radius 2 is 1.59 bits per heavy atom. The summed E-state index contributed by atoms with van der Waals surface area (Å²) < 4.78 is 16.7. The Hall–Kier alpha value is -2.49. The SMILES string of the molecule is CCCCCCCCOc1ccc(-c2ccc3c(c2)OC(=O)[C@H](C)O3)cc1. The molecule has 0 amide bonds. The van der Waals surface area contributed by atoms with Gasteiger partial charge in [0.2, 0.25) is 0 Å². The van der Waals surface area contributed by atoms with Crippen LogP contribution in [0.1, 0.15) is 52.4 Å². The summed E-state index contributed by atoms with van der Waals surface area (Å²) in [4.78, 5) is 11.7. The number of esters is 1. The van der Waals surface area contributed by atoms with Gasteiger partial charge in [-0.2, -0.15) is 0 Å². The number of carbonyl (C=O) groups is 1. The minimum atomic E-state index is -0.563. The van der Waals surface area contributed by atoms with Crippen LogP contribution in [-0.4, -0.2) is 18.7 Å². The van der Waals surface area contributed by atoms with Crippen LogP contribution in [-0.2, 0) is 4.79 Å². The fraction of sp³-hybridized carbons (Fsp3) is 0.435. The number of hydrogen-bond donors (Lipinski definition) is 0. The highest BCUT2D eigenvalue weighted by Crippen LogP contribution is 2.36. The summed E-state index contributed by atoms with van der Waals surface area (Å²) in [6.45, 7) is 4.68. The molecule has 1 heterocycles. The topological polar surface area (TPSA) is 44.8 Å². The van der Waals surface area contributed by atoms with Crippen molar-refractivity contribution in [1.82, 2.24) is 0 Å². The van der Waals surface area contributed by atoms with Crippen LogP contribution in [0, 0.1) is 0 Å². The molecule has 4 heteroatoms. The molecule has 0 aliphatic carbocycles. The molecule has 0 spiro atoms. The fourth-order valence-corrected chi connectivity index (χ4v) is 3.11. The summed E-state index contributed by atoms with van der Waals surface area (Å²) in [5.41, 5.74) is 2.02. The van der Waals surface area contributed by atoms with Crippen molar-refractivity contribution in [3.05, 3.63) is 42.5 Å². The Balaban J connectivity index is 1.53. The first-order valence-corrected chi connectivity index (χ1v) is 9.93. The molecule has 27 heavy (non-hydrogen) atoms. The van der Waals surface area contributed by atoms with Gasteiger partial charge in [-0.3, -0.25) is 0 Å². The number of unbranched alkanes of at least 4 members (excludes halogenated alkanes) is 5. The average Bonchev–Trinajstić information content (AvgIpc) is 2.68. The number of hydrogen-bond acceptors (Lipinski definition) is 4. The lowest BCUT2D eigenvalue weighted by atomic mass is 10.0. The van der Waals surface area contributed by atoms with E-state index in [1.165, 1.54) is 32.1 Å². The van der Waals surface area contributed by atoms with Gasteiger partial charge in [0, 0.05) is 0 Å². The van der Waals surface area contributed by atoms with Gasteiger partial charge < -0.3 is 14.2 Å². The van der Waals surface area contributed by atoms with E-state index in [0.29, 0.717) is 11.5 Å². The largest absolute Gasteiger partial charge is 0.494 e. The number of benzene rings is 2. The van der Waals surface area contributed by atoms with E-state index in [-0.39, 0.29) is 5.97 Å². The van der Waals surface area contributed by atoms with Crippen LogP contribution >= 0.6 is 0 Å². The van der Waals surface area contributed by atoms with Gasteiger partial charge in [0.25, 0.3) is 0 Å². The number of fused-ring (bicyclic) bond motifs is 1. The molecule has 2 aromatic rings. The Morgan fingerprint density at radius 1 is 0.889 bits per heavy atom. The zero-order valence-corrected chi connectivity index (χ0v) is 16.2. The molecule has 1 aliphatic heterocycles. The predicted molar refractivity (Wildman–Crippen MR) is 106 cm³/mol. The van der Waals surface area contributed by atoms with E-state index in [2.05, 4.69) is 6.92 Å². The van der Waals surface area contributed by atoms with E-state index < -0.39 is 6.10 Å². The van der Waals surface area contributed by atoms with E-state index in [9.17, 15) is 4.79 Å². The van der Waals surface area contributed by atoms with Crippen molar-refractivity contribution in [2.24, 2.45) is 0 Å². The van der Waals surface area contributed by atoms with Gasteiger partial charge in [0.15, 0.2) is 17.6 Å². The van der Waals surface area contributed by atoms with E-state index in [1.807, 2.05) is 42.5 Å². The first-order valence-electron chi connectivity index (χ1n) is 9.93. The second-order valence-corrected chi connectivity index (χ2v) is 6.98. The maximum Gasteiger partial charge on any atom is 0.352 e. The summed E-state index contributed by atoms with van der Waals surface area (Å²) >= 11 is 0. The maximum atomic E-state index is 11.7. The molecular formula is C23H28O4. The number of rotatable bonds is 9. The second-order valence-electron chi connectivity index (χ2n) is 6.98. The fourth-order valence-electron chi connectivity index (χ4n) is 3.11. The van der Waals surface area contributed by atoms with Crippen LogP contribution in [0.4, 0.5) is 0 Å². The zero-order valence-electron chi connectivity index (χ0n) is 16.2. The third-order valence-electron chi connectivity index (χ3n) is 4.74. The van der Waals surface area contributed by atoms with Crippen molar-refractivity contribution in [2.75, 3.05) is 6.61 Å². The molecule has 1 atom stereocenters. The van der Waals surface area contributed by atoms with Crippen LogP contribution < -0.4 is 14.2 Å². The summed E-state index contributed by atoms with van der Waals surface area (Å²) in [7, 11) is 0.